The summed E-state index contributed by atoms with van der Waals surface area (Å²) in [7, 11) is 0. The molecule has 0 aliphatic carbocycles. The fourth-order valence-electron chi connectivity index (χ4n) is 3.43. The smallest absolute Gasteiger partial charge is 0.491 e. The summed E-state index contributed by atoms with van der Waals surface area (Å²) in [6, 6.07) is 6.06. The van der Waals surface area contributed by atoms with E-state index in [1.165, 1.54) is 12.3 Å². The summed E-state index contributed by atoms with van der Waals surface area (Å²) in [5.41, 5.74) is -1.76. The zero-order chi connectivity index (χ0) is 22.9. The van der Waals surface area contributed by atoms with Crippen molar-refractivity contribution in [2.75, 3.05) is 6.61 Å². The average molecular weight is 450 g/mol. The Morgan fingerprint density at radius 3 is 2.75 bits per heavy atom. The van der Waals surface area contributed by atoms with Crippen LogP contribution < -0.4 is 20.3 Å². The Labute approximate surface area is 177 Å². The Balaban J connectivity index is 1.81. The van der Waals surface area contributed by atoms with Gasteiger partial charge in [-0.25, -0.2) is 9.37 Å². The highest BCUT2D eigenvalue weighted by molar-refractivity contribution is 5.93. The molecule has 8 nitrogen and oxygen atoms in total. The molecule has 1 aromatic carbocycles. The maximum atomic E-state index is 14.5. The molecule has 1 atom stereocenters. The van der Waals surface area contributed by atoms with Crippen LogP contribution in [0.2, 0.25) is 0 Å². The van der Waals surface area contributed by atoms with Gasteiger partial charge in [0.1, 0.15) is 22.7 Å². The first-order chi connectivity index (χ1) is 15.2. The van der Waals surface area contributed by atoms with Gasteiger partial charge in [0.2, 0.25) is 0 Å². The van der Waals surface area contributed by atoms with Crippen molar-refractivity contribution in [2.24, 2.45) is 0 Å². The zero-order valence-electron chi connectivity index (χ0n) is 16.1. The topological polar surface area (TPSA) is 106 Å². The van der Waals surface area contributed by atoms with Crippen LogP contribution in [0.4, 0.5) is 17.6 Å². The minimum atomic E-state index is -5.07. The SMILES string of the molecule is O=C(NC1(c2ccc(OC(F)(F)F)c(F)c2)CCOc2cccnc21)c1c[nH]c(=O)cn1. The van der Waals surface area contributed by atoms with Crippen LogP contribution in [-0.2, 0) is 5.54 Å². The molecule has 1 amide bonds. The van der Waals surface area contributed by atoms with Crippen molar-refractivity contribution in [3.8, 4) is 11.5 Å². The number of nitrogens with zero attached hydrogens (tertiary/aromatic N) is 2. The van der Waals surface area contributed by atoms with Crippen molar-refractivity contribution in [1.29, 1.82) is 0 Å². The van der Waals surface area contributed by atoms with Crippen molar-refractivity contribution < 1.29 is 31.8 Å². The molecule has 0 fully saturated rings. The highest BCUT2D eigenvalue weighted by Crippen LogP contribution is 2.41. The molecule has 32 heavy (non-hydrogen) atoms. The number of amides is 1. The number of aromatic amines is 1. The molecule has 1 aliphatic rings. The molecule has 0 radical (unpaired) electrons. The molecule has 0 spiro atoms. The molecule has 0 bridgehead atoms. The van der Waals surface area contributed by atoms with Gasteiger partial charge in [-0.05, 0) is 29.8 Å². The first kappa shape index (κ1) is 21.3. The number of H-pyrrole nitrogens is 1. The fourth-order valence-corrected chi connectivity index (χ4v) is 3.43. The second-order valence-corrected chi connectivity index (χ2v) is 6.80. The number of halogens is 4. The van der Waals surface area contributed by atoms with E-state index in [-0.39, 0.29) is 30.0 Å². The van der Waals surface area contributed by atoms with Gasteiger partial charge < -0.3 is 19.8 Å². The number of ether oxygens (including phenoxy) is 2. The van der Waals surface area contributed by atoms with Crippen molar-refractivity contribution in [1.82, 2.24) is 20.3 Å². The highest BCUT2D eigenvalue weighted by Gasteiger charge is 2.43. The van der Waals surface area contributed by atoms with E-state index >= 15 is 0 Å². The van der Waals surface area contributed by atoms with Crippen LogP contribution in [0.5, 0.6) is 11.5 Å². The van der Waals surface area contributed by atoms with Crippen LogP contribution in [-0.4, -0.2) is 33.8 Å². The van der Waals surface area contributed by atoms with Crippen LogP contribution in [0.3, 0.4) is 0 Å². The van der Waals surface area contributed by atoms with Gasteiger partial charge in [-0.1, -0.05) is 6.07 Å². The van der Waals surface area contributed by atoms with Crippen LogP contribution >= 0.6 is 0 Å². The molecule has 4 rings (SSSR count). The Morgan fingerprint density at radius 1 is 1.25 bits per heavy atom. The number of alkyl halides is 3. The van der Waals surface area contributed by atoms with Gasteiger partial charge in [-0.15, -0.1) is 13.2 Å². The maximum absolute atomic E-state index is 14.5. The maximum Gasteiger partial charge on any atom is 0.573 e. The quantitative estimate of drug-likeness (QED) is 0.592. The van der Waals surface area contributed by atoms with E-state index in [1.807, 2.05) is 0 Å². The van der Waals surface area contributed by atoms with Gasteiger partial charge in [0, 0.05) is 18.8 Å². The first-order valence-corrected chi connectivity index (χ1v) is 9.19. The summed E-state index contributed by atoms with van der Waals surface area (Å²) < 4.78 is 61.4. The Kier molecular flexibility index (Phi) is 5.28. The first-order valence-electron chi connectivity index (χ1n) is 9.19. The summed E-state index contributed by atoms with van der Waals surface area (Å²) in [4.78, 5) is 34.5. The average Bonchev–Trinajstić information content (AvgIpc) is 2.75. The lowest BCUT2D eigenvalue weighted by atomic mass is 9.81. The Bertz CT molecular complexity index is 1210. The third-order valence-electron chi connectivity index (χ3n) is 4.79. The lowest BCUT2D eigenvalue weighted by Gasteiger charge is -2.38. The van der Waals surface area contributed by atoms with E-state index in [1.54, 1.807) is 12.1 Å². The number of carbonyl (C=O) groups is 1. The van der Waals surface area contributed by atoms with Crippen molar-refractivity contribution in [3.05, 3.63) is 82.0 Å². The van der Waals surface area contributed by atoms with Crippen LogP contribution in [0.25, 0.3) is 0 Å². The molecular weight excluding hydrogens is 436 g/mol. The third-order valence-corrected chi connectivity index (χ3v) is 4.79. The van der Waals surface area contributed by atoms with Crippen LogP contribution in [0.15, 0.2) is 53.7 Å². The fraction of sp³-hybridized carbons (Fsp3) is 0.200. The standard InChI is InChI=1S/C20H14F4N4O4/c21-12-8-11(3-4-14(12)32-20(22,23)24)19(5-7-31-15-2-1-6-25-17(15)19)28-18(30)13-9-27-16(29)10-26-13/h1-4,6,8-10H,5,7H2,(H,27,29)(H,28,30). The van der Waals surface area contributed by atoms with Gasteiger partial charge in [0.05, 0.1) is 12.8 Å². The molecule has 3 heterocycles. The number of aromatic nitrogens is 3. The van der Waals surface area contributed by atoms with E-state index in [0.717, 1.165) is 24.5 Å². The molecule has 12 heteroatoms. The molecule has 3 aromatic rings. The van der Waals surface area contributed by atoms with E-state index < -0.39 is 34.9 Å². The number of nitrogens with one attached hydrogen (secondary N) is 2. The summed E-state index contributed by atoms with van der Waals surface area (Å²) in [6.07, 6.45) is -1.53. The number of fused-ring (bicyclic) bond motifs is 1. The number of hydrogen-bond acceptors (Lipinski definition) is 6. The number of pyridine rings is 1. The second kappa shape index (κ2) is 7.94. The predicted octanol–water partition coefficient (Wildman–Crippen LogP) is 2.66. The number of rotatable bonds is 4. The van der Waals surface area contributed by atoms with E-state index in [9.17, 15) is 27.2 Å². The second-order valence-electron chi connectivity index (χ2n) is 6.80. The van der Waals surface area contributed by atoms with Gasteiger partial charge in [-0.3, -0.25) is 14.6 Å². The van der Waals surface area contributed by atoms with E-state index in [4.69, 9.17) is 4.74 Å². The molecule has 1 aliphatic heterocycles. The van der Waals surface area contributed by atoms with Gasteiger partial charge in [0.25, 0.3) is 11.5 Å². The van der Waals surface area contributed by atoms with E-state index in [2.05, 4.69) is 25.0 Å². The largest absolute Gasteiger partial charge is 0.573 e. The number of carbonyl (C=O) groups excluding carboxylic acids is 1. The van der Waals surface area contributed by atoms with Crippen molar-refractivity contribution in [2.45, 2.75) is 18.3 Å². The zero-order valence-corrected chi connectivity index (χ0v) is 16.1. The minimum absolute atomic E-state index is 0.0883. The summed E-state index contributed by atoms with van der Waals surface area (Å²) in [5.74, 6) is -2.71. The Hall–Kier alpha value is -3.96. The number of hydrogen-bond donors (Lipinski definition) is 2. The summed E-state index contributed by atoms with van der Waals surface area (Å²) in [6.45, 7) is 0.0977. The van der Waals surface area contributed by atoms with Crippen molar-refractivity contribution >= 4 is 5.91 Å². The molecule has 1 unspecified atom stereocenters. The monoisotopic (exact) mass is 450 g/mol. The number of benzene rings is 1. The van der Waals surface area contributed by atoms with Gasteiger partial charge >= 0.3 is 6.36 Å². The molecule has 0 saturated carbocycles. The Morgan fingerprint density at radius 2 is 2.06 bits per heavy atom. The minimum Gasteiger partial charge on any atom is -0.491 e. The highest BCUT2D eigenvalue weighted by atomic mass is 19.4. The lowest BCUT2D eigenvalue weighted by Crippen LogP contribution is -2.50. The molecule has 2 N–H and O–H groups in total. The molecular formula is C20H14F4N4O4. The van der Waals surface area contributed by atoms with Crippen LogP contribution in [0, 0.1) is 5.82 Å². The van der Waals surface area contributed by atoms with E-state index in [0.29, 0.717) is 5.75 Å². The van der Waals surface area contributed by atoms with Crippen LogP contribution in [0.1, 0.15) is 28.2 Å². The lowest BCUT2D eigenvalue weighted by molar-refractivity contribution is -0.275. The normalized spacial score (nSPS) is 17.8. The predicted molar refractivity (Wildman–Crippen MR) is 101 cm³/mol. The van der Waals surface area contributed by atoms with Crippen molar-refractivity contribution in [3.63, 3.8) is 0 Å². The molecule has 166 valence electrons. The van der Waals surface area contributed by atoms with Gasteiger partial charge in [-0.2, -0.15) is 0 Å². The molecule has 0 saturated heterocycles. The third kappa shape index (κ3) is 4.11. The summed E-state index contributed by atoms with van der Waals surface area (Å²) >= 11 is 0. The van der Waals surface area contributed by atoms with Gasteiger partial charge in [0.15, 0.2) is 11.6 Å². The summed E-state index contributed by atoms with van der Waals surface area (Å²) in [5, 5.41) is 2.74. The molecule has 2 aromatic heterocycles.